The number of hydrogen-bond donors (Lipinski definition) is 1. The van der Waals surface area contributed by atoms with Gasteiger partial charge in [-0.1, -0.05) is 63.9 Å². The van der Waals surface area contributed by atoms with Gasteiger partial charge in [-0.15, -0.1) is 0 Å². The van der Waals surface area contributed by atoms with Crippen LogP contribution in [0.25, 0.3) is 0 Å². The summed E-state index contributed by atoms with van der Waals surface area (Å²) >= 11 is 0. The van der Waals surface area contributed by atoms with Gasteiger partial charge in [0.15, 0.2) is 9.84 Å². The van der Waals surface area contributed by atoms with Crippen molar-refractivity contribution in [2.45, 2.75) is 69.4 Å². The molecule has 1 aliphatic rings. The van der Waals surface area contributed by atoms with Crippen molar-refractivity contribution in [2.75, 3.05) is 12.9 Å². The first-order valence-electron chi connectivity index (χ1n) is 10.8. The van der Waals surface area contributed by atoms with E-state index in [9.17, 15) is 13.6 Å². The number of methoxy groups -OCH3 is 1. The number of hydroxylamine groups is 2. The first-order chi connectivity index (χ1) is 14.3. The Morgan fingerprint density at radius 1 is 1.17 bits per heavy atom. The molecule has 1 heterocycles. The van der Waals surface area contributed by atoms with Crippen molar-refractivity contribution in [3.05, 3.63) is 59.2 Å². The van der Waals surface area contributed by atoms with E-state index >= 15 is 0 Å². The Kier molecular flexibility index (Phi) is 6.90. The molecule has 0 aromatic heterocycles. The summed E-state index contributed by atoms with van der Waals surface area (Å²) < 4.78 is 32.9. The van der Waals surface area contributed by atoms with Gasteiger partial charge in [0.2, 0.25) is 0 Å². The normalized spacial score (nSPS) is 23.6. The molecule has 0 saturated heterocycles. The van der Waals surface area contributed by atoms with Crippen LogP contribution in [0.2, 0.25) is 0 Å². The van der Waals surface area contributed by atoms with Crippen LogP contribution in [0.1, 0.15) is 69.2 Å². The molecule has 3 rings (SSSR count). The molecule has 1 aliphatic heterocycles. The third-order valence-corrected chi connectivity index (χ3v) is 8.32. The molecule has 0 aliphatic carbocycles. The zero-order valence-corrected chi connectivity index (χ0v) is 19.2. The Labute approximate surface area is 180 Å². The largest absolute Gasteiger partial charge is 0.496 e. The van der Waals surface area contributed by atoms with Gasteiger partial charge >= 0.3 is 0 Å². The van der Waals surface area contributed by atoms with Crippen LogP contribution >= 0.6 is 0 Å². The molecule has 0 amide bonds. The van der Waals surface area contributed by atoms with Crippen molar-refractivity contribution in [3.8, 4) is 5.75 Å². The molecule has 2 aromatic carbocycles. The Morgan fingerprint density at radius 3 is 2.43 bits per heavy atom. The highest BCUT2D eigenvalue weighted by atomic mass is 32.2. The quantitative estimate of drug-likeness (QED) is 0.655. The number of ether oxygens (including phenoxy) is 1. The summed E-state index contributed by atoms with van der Waals surface area (Å²) in [5.41, 5.74) is 1.44. The van der Waals surface area contributed by atoms with E-state index in [0.717, 1.165) is 24.0 Å². The molecule has 5 nitrogen and oxygen atoms in total. The minimum absolute atomic E-state index is 0.0984. The second-order valence-electron chi connectivity index (χ2n) is 8.15. The zero-order chi connectivity index (χ0) is 21.9. The second-order valence-corrected chi connectivity index (χ2v) is 10.1. The predicted molar refractivity (Wildman–Crippen MR) is 119 cm³/mol. The van der Waals surface area contributed by atoms with Crippen LogP contribution in [0.5, 0.6) is 5.75 Å². The lowest BCUT2D eigenvalue weighted by Crippen LogP contribution is -2.51. The predicted octanol–water partition coefficient (Wildman–Crippen LogP) is 5.16. The summed E-state index contributed by atoms with van der Waals surface area (Å²) in [5.74, 6) is 0.553. The van der Waals surface area contributed by atoms with Gasteiger partial charge in [0, 0.05) is 0 Å². The highest BCUT2D eigenvalue weighted by molar-refractivity contribution is 7.91. The number of rotatable bonds is 7. The van der Waals surface area contributed by atoms with Crippen LogP contribution in [-0.2, 0) is 16.3 Å². The average Bonchev–Trinajstić information content (AvgIpc) is 2.83. The van der Waals surface area contributed by atoms with E-state index in [0.29, 0.717) is 35.5 Å². The topological polar surface area (TPSA) is 66.8 Å². The molecule has 0 fully saturated rings. The van der Waals surface area contributed by atoms with Crippen LogP contribution in [0, 0.1) is 0 Å². The first kappa shape index (κ1) is 22.8. The van der Waals surface area contributed by atoms with Gasteiger partial charge in [0.25, 0.3) is 0 Å². The molecule has 2 aromatic rings. The smallest absolute Gasteiger partial charge is 0.180 e. The van der Waals surface area contributed by atoms with E-state index in [1.807, 2.05) is 44.2 Å². The second kappa shape index (κ2) is 9.08. The highest BCUT2D eigenvalue weighted by Crippen LogP contribution is 2.45. The van der Waals surface area contributed by atoms with Crippen molar-refractivity contribution in [3.63, 3.8) is 0 Å². The number of aryl methyl sites for hydroxylation is 1. The van der Waals surface area contributed by atoms with Crippen molar-refractivity contribution in [1.82, 2.24) is 5.06 Å². The standard InChI is InChI=1S/C24H33NO4S/c1-5-8-14-24(7-3)17-30(27,28)22-15-18(6-2)21(29-4)16-20(22)23(25(24)26)19-12-10-9-11-13-19/h9-13,15-16,23,26H,5-8,14,17H2,1-4H3/t23-,24-/m1/s1. The number of sulfone groups is 1. The summed E-state index contributed by atoms with van der Waals surface area (Å²) in [6.07, 6.45) is 3.61. The third kappa shape index (κ3) is 4.01. The Morgan fingerprint density at radius 2 is 1.87 bits per heavy atom. The summed E-state index contributed by atoms with van der Waals surface area (Å²) in [5, 5.41) is 13.0. The molecule has 0 unspecified atom stereocenters. The summed E-state index contributed by atoms with van der Waals surface area (Å²) in [4.78, 5) is 0.305. The molecule has 6 heteroatoms. The summed E-state index contributed by atoms with van der Waals surface area (Å²) in [6.45, 7) is 6.03. The molecule has 1 N–H and O–H groups in total. The van der Waals surface area contributed by atoms with Gasteiger partial charge in [-0.25, -0.2) is 8.42 Å². The molecular formula is C24H33NO4S. The molecule has 164 valence electrons. The Hall–Kier alpha value is -1.89. The van der Waals surface area contributed by atoms with E-state index in [2.05, 4.69) is 6.92 Å². The maximum atomic E-state index is 13.6. The first-order valence-corrected chi connectivity index (χ1v) is 12.5. The fraction of sp³-hybridized carbons (Fsp3) is 0.500. The maximum Gasteiger partial charge on any atom is 0.180 e. The molecule has 2 atom stereocenters. The van der Waals surface area contributed by atoms with E-state index in [1.54, 1.807) is 19.2 Å². The maximum absolute atomic E-state index is 13.6. The van der Waals surface area contributed by atoms with Crippen LogP contribution in [0.15, 0.2) is 47.4 Å². The van der Waals surface area contributed by atoms with Gasteiger partial charge in [-0.3, -0.25) is 0 Å². The number of benzene rings is 2. The van der Waals surface area contributed by atoms with Crippen molar-refractivity contribution >= 4 is 9.84 Å². The van der Waals surface area contributed by atoms with Gasteiger partial charge in [-0.2, -0.15) is 5.06 Å². The van der Waals surface area contributed by atoms with E-state index in [4.69, 9.17) is 4.74 Å². The fourth-order valence-corrected chi connectivity index (χ4v) is 6.75. The Balaban J connectivity index is 2.34. The van der Waals surface area contributed by atoms with Gasteiger partial charge in [-0.05, 0) is 48.1 Å². The molecule has 0 bridgehead atoms. The van der Waals surface area contributed by atoms with Crippen LogP contribution < -0.4 is 4.74 Å². The van der Waals surface area contributed by atoms with Crippen molar-refractivity contribution < 1.29 is 18.4 Å². The number of unbranched alkanes of at least 4 members (excludes halogenated alkanes) is 1. The van der Waals surface area contributed by atoms with Crippen LogP contribution in [0.4, 0.5) is 0 Å². The highest BCUT2D eigenvalue weighted by Gasteiger charge is 2.48. The monoisotopic (exact) mass is 431 g/mol. The molecule has 30 heavy (non-hydrogen) atoms. The summed E-state index contributed by atoms with van der Waals surface area (Å²) in [6, 6.07) is 12.6. The molecule has 0 radical (unpaired) electrons. The average molecular weight is 432 g/mol. The minimum atomic E-state index is -3.62. The fourth-order valence-electron chi connectivity index (χ4n) is 4.56. The summed E-state index contributed by atoms with van der Waals surface area (Å²) in [7, 11) is -2.02. The molecule has 0 spiro atoms. The SMILES string of the molecule is CCCC[C@]1(CC)CS(=O)(=O)c2cc(CC)c(OC)cc2[C@@H](c2ccccc2)N1O. The van der Waals surface area contributed by atoms with Crippen molar-refractivity contribution in [2.24, 2.45) is 0 Å². The lowest BCUT2D eigenvalue weighted by molar-refractivity contribution is -0.193. The van der Waals surface area contributed by atoms with Gasteiger partial charge in [0.05, 0.1) is 29.3 Å². The lowest BCUT2D eigenvalue weighted by Gasteiger charge is -2.42. The van der Waals surface area contributed by atoms with Crippen LogP contribution in [-0.4, -0.2) is 37.1 Å². The van der Waals surface area contributed by atoms with E-state index in [-0.39, 0.29) is 5.75 Å². The molecule has 0 saturated carbocycles. The Bertz CT molecular complexity index is 974. The zero-order valence-electron chi connectivity index (χ0n) is 18.4. The number of fused-ring (bicyclic) bond motifs is 1. The van der Waals surface area contributed by atoms with Gasteiger partial charge < -0.3 is 9.94 Å². The number of nitrogens with zero attached hydrogens (tertiary/aromatic N) is 1. The number of hydrogen-bond acceptors (Lipinski definition) is 5. The van der Waals surface area contributed by atoms with Gasteiger partial charge in [0.1, 0.15) is 5.75 Å². The third-order valence-electron chi connectivity index (χ3n) is 6.38. The van der Waals surface area contributed by atoms with E-state index in [1.165, 1.54) is 5.06 Å². The van der Waals surface area contributed by atoms with Crippen molar-refractivity contribution in [1.29, 1.82) is 0 Å². The molecular weight excluding hydrogens is 398 g/mol. The van der Waals surface area contributed by atoms with Crippen LogP contribution in [0.3, 0.4) is 0 Å². The lowest BCUT2D eigenvalue weighted by atomic mass is 9.87. The minimum Gasteiger partial charge on any atom is -0.496 e. The van der Waals surface area contributed by atoms with E-state index < -0.39 is 21.4 Å².